The molecule has 0 aliphatic heterocycles. The van der Waals surface area contributed by atoms with Gasteiger partial charge in [-0.2, -0.15) is 4.89 Å². The molecule has 6 heteroatoms. The van der Waals surface area contributed by atoms with Crippen LogP contribution in [0.4, 0.5) is 0 Å². The van der Waals surface area contributed by atoms with E-state index in [0.717, 1.165) is 0 Å². The van der Waals surface area contributed by atoms with Crippen LogP contribution >= 0.6 is 0 Å². The van der Waals surface area contributed by atoms with E-state index in [9.17, 15) is 9.59 Å². The Kier molecular flexibility index (Phi) is 7.90. The van der Waals surface area contributed by atoms with Crippen LogP contribution in [0.3, 0.4) is 0 Å². The summed E-state index contributed by atoms with van der Waals surface area (Å²) >= 11 is 0. The van der Waals surface area contributed by atoms with E-state index in [1.165, 1.54) is 0 Å². The molecular weight excluding hydrogens is 312 g/mol. The summed E-state index contributed by atoms with van der Waals surface area (Å²) in [5, 5.41) is 0. The van der Waals surface area contributed by atoms with Crippen molar-refractivity contribution in [2.75, 3.05) is 0 Å². The second-order valence-electron chi connectivity index (χ2n) is 8.71. The van der Waals surface area contributed by atoms with Crippen molar-refractivity contribution in [1.29, 1.82) is 0 Å². The van der Waals surface area contributed by atoms with E-state index in [0.29, 0.717) is 0 Å². The van der Waals surface area contributed by atoms with Crippen LogP contribution in [0.5, 0.6) is 0 Å². The van der Waals surface area contributed by atoms with Crippen LogP contribution in [0.25, 0.3) is 0 Å². The molecule has 0 N–H and O–H groups in total. The summed E-state index contributed by atoms with van der Waals surface area (Å²) in [7, 11) is 0. The van der Waals surface area contributed by atoms with E-state index in [2.05, 4.69) is 0 Å². The lowest BCUT2D eigenvalue weighted by Gasteiger charge is -2.34. The van der Waals surface area contributed by atoms with Crippen LogP contribution in [0.15, 0.2) is 0 Å². The molecule has 0 radical (unpaired) electrons. The first-order valence-electron chi connectivity index (χ1n) is 8.33. The Labute approximate surface area is 146 Å². The van der Waals surface area contributed by atoms with Crippen molar-refractivity contribution >= 4 is 11.9 Å². The summed E-state index contributed by atoms with van der Waals surface area (Å²) < 4.78 is 11.1. The maximum Gasteiger partial charge on any atom is 0.348 e. The topological polar surface area (TPSA) is 71.1 Å². The Morgan fingerprint density at radius 2 is 1.38 bits per heavy atom. The normalized spacial score (nSPS) is 14.5. The predicted octanol–water partition coefficient (Wildman–Crippen LogP) is 3.81. The summed E-state index contributed by atoms with van der Waals surface area (Å²) in [4.78, 5) is 34.7. The maximum absolute atomic E-state index is 12.5. The average Bonchev–Trinajstić information content (AvgIpc) is 2.28. The highest BCUT2D eigenvalue weighted by molar-refractivity contribution is 5.80. The summed E-state index contributed by atoms with van der Waals surface area (Å²) in [6.07, 6.45) is -0.263. The number of carbonyl (C=O) groups excluding carboxylic acids is 2. The van der Waals surface area contributed by atoms with E-state index >= 15 is 0 Å². The zero-order valence-corrected chi connectivity index (χ0v) is 16.8. The van der Waals surface area contributed by atoms with E-state index in [1.807, 2.05) is 13.8 Å². The largest absolute Gasteiger partial charge is 0.460 e. The number of ether oxygens (including phenoxy) is 2. The van der Waals surface area contributed by atoms with Crippen molar-refractivity contribution in [1.82, 2.24) is 0 Å². The molecule has 0 rings (SSSR count). The fourth-order valence-electron chi connectivity index (χ4n) is 2.08. The quantitative estimate of drug-likeness (QED) is 0.396. The third-order valence-corrected chi connectivity index (χ3v) is 2.83. The maximum atomic E-state index is 12.5. The number of esters is 1. The van der Waals surface area contributed by atoms with Crippen LogP contribution in [0.2, 0.25) is 0 Å². The van der Waals surface area contributed by atoms with Gasteiger partial charge in [0.1, 0.15) is 11.2 Å². The van der Waals surface area contributed by atoms with Gasteiger partial charge < -0.3 is 9.47 Å². The van der Waals surface area contributed by atoms with Crippen LogP contribution in [-0.4, -0.2) is 34.8 Å². The molecule has 6 nitrogen and oxygen atoms in total. The highest BCUT2D eigenvalue weighted by Gasteiger charge is 2.41. The minimum absolute atomic E-state index is 0.113. The first-order valence-corrected chi connectivity index (χ1v) is 8.33. The molecule has 1 atom stereocenters. The molecule has 0 fully saturated rings. The molecule has 1 unspecified atom stereocenters. The van der Waals surface area contributed by atoms with Gasteiger partial charge in [-0.3, -0.25) is 9.68 Å². The Morgan fingerprint density at radius 3 is 1.75 bits per heavy atom. The van der Waals surface area contributed by atoms with Crippen LogP contribution < -0.4 is 0 Å². The second kappa shape index (κ2) is 8.30. The lowest BCUT2D eigenvalue weighted by molar-refractivity contribution is -0.326. The zero-order valence-electron chi connectivity index (χ0n) is 16.8. The summed E-state index contributed by atoms with van der Waals surface area (Å²) in [5.41, 5.74) is -2.19. The highest BCUT2D eigenvalue weighted by atomic mass is 17.2. The molecule has 0 aromatic heterocycles. The predicted molar refractivity (Wildman–Crippen MR) is 91.2 cm³/mol. The molecule has 0 heterocycles. The summed E-state index contributed by atoms with van der Waals surface area (Å²) in [5.74, 6) is -1.99. The molecule has 142 valence electrons. The number of rotatable bonds is 7. The van der Waals surface area contributed by atoms with E-state index < -0.39 is 34.7 Å². The van der Waals surface area contributed by atoms with Gasteiger partial charge in [0.15, 0.2) is 0 Å². The molecular formula is C18H34O6. The average molecular weight is 346 g/mol. The number of hydrogen-bond acceptors (Lipinski definition) is 6. The molecule has 0 aromatic carbocycles. The standard InChI is InChI=1S/C18H34O6/c1-12(2)21-18(9,10)13(11-14(19)22-16(3,4)5)15(20)23-24-17(6,7)8/h12-13H,11H2,1-10H3. The van der Waals surface area contributed by atoms with Crippen molar-refractivity contribution in [3.05, 3.63) is 0 Å². The second-order valence-corrected chi connectivity index (χ2v) is 8.71. The fourth-order valence-corrected chi connectivity index (χ4v) is 2.08. The Hall–Kier alpha value is -1.14. The third kappa shape index (κ3) is 9.88. The molecule has 0 spiro atoms. The monoisotopic (exact) mass is 346 g/mol. The Bertz CT molecular complexity index is 426. The fraction of sp³-hybridized carbons (Fsp3) is 0.889. The van der Waals surface area contributed by atoms with Gasteiger partial charge in [-0.05, 0) is 69.2 Å². The van der Waals surface area contributed by atoms with E-state index in [4.69, 9.17) is 19.2 Å². The van der Waals surface area contributed by atoms with Crippen molar-refractivity contribution in [3.63, 3.8) is 0 Å². The van der Waals surface area contributed by atoms with Gasteiger partial charge in [-0.1, -0.05) is 0 Å². The minimum atomic E-state index is -0.913. The van der Waals surface area contributed by atoms with Gasteiger partial charge in [0.25, 0.3) is 0 Å². The van der Waals surface area contributed by atoms with E-state index in [-0.39, 0.29) is 12.5 Å². The molecule has 0 aliphatic carbocycles. The smallest absolute Gasteiger partial charge is 0.348 e. The van der Waals surface area contributed by atoms with Gasteiger partial charge in [-0.25, -0.2) is 4.79 Å². The molecule has 0 amide bonds. The lowest BCUT2D eigenvalue weighted by Crippen LogP contribution is -2.44. The summed E-state index contributed by atoms with van der Waals surface area (Å²) in [6.45, 7) is 17.8. The van der Waals surface area contributed by atoms with Gasteiger partial charge in [0.2, 0.25) is 0 Å². The molecule has 0 aromatic rings. The Morgan fingerprint density at radius 1 is 0.875 bits per heavy atom. The van der Waals surface area contributed by atoms with Crippen molar-refractivity contribution in [2.24, 2.45) is 5.92 Å². The van der Waals surface area contributed by atoms with Gasteiger partial charge in [0, 0.05) is 0 Å². The minimum Gasteiger partial charge on any atom is -0.460 e. The highest BCUT2D eigenvalue weighted by Crippen LogP contribution is 2.29. The molecule has 0 saturated heterocycles. The molecule has 0 bridgehead atoms. The third-order valence-electron chi connectivity index (χ3n) is 2.83. The van der Waals surface area contributed by atoms with Crippen molar-refractivity contribution in [3.8, 4) is 0 Å². The van der Waals surface area contributed by atoms with Gasteiger partial charge >= 0.3 is 11.9 Å². The van der Waals surface area contributed by atoms with Gasteiger partial charge in [0.05, 0.1) is 24.0 Å². The first-order chi connectivity index (χ1) is 10.5. The zero-order chi connectivity index (χ0) is 19.3. The van der Waals surface area contributed by atoms with Crippen LogP contribution in [0.1, 0.15) is 75.7 Å². The number of carbonyl (C=O) groups is 2. The van der Waals surface area contributed by atoms with Crippen LogP contribution in [-0.2, 0) is 28.8 Å². The van der Waals surface area contributed by atoms with E-state index in [1.54, 1.807) is 55.4 Å². The number of hydrogen-bond donors (Lipinski definition) is 0. The van der Waals surface area contributed by atoms with Crippen LogP contribution in [0, 0.1) is 5.92 Å². The van der Waals surface area contributed by atoms with Crippen molar-refractivity contribution < 1.29 is 28.8 Å². The SMILES string of the molecule is CC(C)OC(C)(C)C(CC(=O)OC(C)(C)C)C(=O)OOC(C)(C)C. The van der Waals surface area contributed by atoms with Gasteiger partial charge in [-0.15, -0.1) is 0 Å². The first kappa shape index (κ1) is 22.9. The lowest BCUT2D eigenvalue weighted by atomic mass is 9.87. The summed E-state index contributed by atoms with van der Waals surface area (Å²) in [6, 6.07) is 0. The molecule has 0 saturated carbocycles. The molecule has 24 heavy (non-hydrogen) atoms. The molecule has 0 aliphatic rings. The Balaban J connectivity index is 5.22. The van der Waals surface area contributed by atoms with Crippen molar-refractivity contribution in [2.45, 2.75) is 98.6 Å².